The number of imidazole rings is 1. The van der Waals surface area contributed by atoms with Gasteiger partial charge in [-0.25, -0.2) is 4.98 Å². The predicted octanol–water partition coefficient (Wildman–Crippen LogP) is 1.21. The number of halogens is 3. The lowest BCUT2D eigenvalue weighted by atomic mass is 10.0. The zero-order valence-electron chi connectivity index (χ0n) is 9.56. The molecule has 1 unspecified atom stereocenters. The fourth-order valence-electron chi connectivity index (χ4n) is 1.23. The van der Waals surface area contributed by atoms with E-state index in [4.69, 9.17) is 5.73 Å². The number of hydrogen-bond acceptors (Lipinski definition) is 5. The normalized spacial score (nSPS) is 15.7. The van der Waals surface area contributed by atoms with Gasteiger partial charge in [-0.1, -0.05) is 5.16 Å². The standard InChI is InChI=1S/C9H10F3N5O/c1-8(13,9(10,11)12)7-15-5(16-18-7)6-14-3-4-17(6)2/h3-4H,13H2,1-2H3. The van der Waals surface area contributed by atoms with Crippen molar-refractivity contribution in [2.45, 2.75) is 18.6 Å². The number of rotatable bonds is 2. The van der Waals surface area contributed by atoms with Gasteiger partial charge in [0, 0.05) is 19.4 Å². The lowest BCUT2D eigenvalue weighted by molar-refractivity contribution is -0.190. The first-order valence-corrected chi connectivity index (χ1v) is 4.91. The summed E-state index contributed by atoms with van der Waals surface area (Å²) in [5.74, 6) is -0.450. The van der Waals surface area contributed by atoms with Crippen molar-refractivity contribution in [2.24, 2.45) is 12.8 Å². The molecule has 98 valence electrons. The molecule has 0 saturated heterocycles. The lowest BCUT2D eigenvalue weighted by Crippen LogP contribution is -2.48. The Balaban J connectivity index is 2.41. The summed E-state index contributed by atoms with van der Waals surface area (Å²) in [6.07, 6.45) is -1.61. The van der Waals surface area contributed by atoms with Crippen molar-refractivity contribution in [3.63, 3.8) is 0 Å². The molecule has 2 aromatic heterocycles. The van der Waals surface area contributed by atoms with E-state index >= 15 is 0 Å². The topological polar surface area (TPSA) is 82.8 Å². The quantitative estimate of drug-likeness (QED) is 0.878. The van der Waals surface area contributed by atoms with Crippen LogP contribution in [0.25, 0.3) is 11.6 Å². The van der Waals surface area contributed by atoms with Gasteiger partial charge in [-0.2, -0.15) is 18.2 Å². The zero-order valence-corrected chi connectivity index (χ0v) is 9.56. The fourth-order valence-corrected chi connectivity index (χ4v) is 1.23. The molecule has 9 heteroatoms. The maximum absolute atomic E-state index is 12.7. The maximum Gasteiger partial charge on any atom is 0.415 e. The molecule has 0 fully saturated rings. The fraction of sp³-hybridized carbons (Fsp3) is 0.444. The molecule has 0 aliphatic carbocycles. The van der Waals surface area contributed by atoms with Crippen molar-refractivity contribution in [3.8, 4) is 11.6 Å². The molecule has 2 N–H and O–H groups in total. The second-order valence-electron chi connectivity index (χ2n) is 3.99. The molecule has 6 nitrogen and oxygen atoms in total. The first kappa shape index (κ1) is 12.6. The minimum atomic E-state index is -4.68. The maximum atomic E-state index is 12.7. The van der Waals surface area contributed by atoms with Crippen LogP contribution in [-0.4, -0.2) is 25.9 Å². The molecule has 0 radical (unpaired) electrons. The number of nitrogens with zero attached hydrogens (tertiary/aromatic N) is 4. The predicted molar refractivity (Wildman–Crippen MR) is 54.1 cm³/mol. The number of alkyl halides is 3. The van der Waals surface area contributed by atoms with Crippen LogP contribution in [0.5, 0.6) is 0 Å². The van der Waals surface area contributed by atoms with Gasteiger partial charge >= 0.3 is 6.18 Å². The first-order valence-electron chi connectivity index (χ1n) is 4.91. The monoisotopic (exact) mass is 261 g/mol. The van der Waals surface area contributed by atoms with Crippen LogP contribution in [0.15, 0.2) is 16.9 Å². The van der Waals surface area contributed by atoms with Crippen LogP contribution < -0.4 is 5.73 Å². The molecule has 18 heavy (non-hydrogen) atoms. The Labute approximate surface area is 99.6 Å². The van der Waals surface area contributed by atoms with Gasteiger partial charge in [-0.05, 0) is 6.92 Å². The second kappa shape index (κ2) is 3.80. The molecule has 2 rings (SSSR count). The van der Waals surface area contributed by atoms with Crippen LogP contribution >= 0.6 is 0 Å². The Hall–Kier alpha value is -1.90. The van der Waals surface area contributed by atoms with E-state index in [1.165, 1.54) is 6.20 Å². The molecule has 0 spiro atoms. The van der Waals surface area contributed by atoms with E-state index in [2.05, 4.69) is 19.6 Å². The van der Waals surface area contributed by atoms with Crippen LogP contribution in [-0.2, 0) is 12.6 Å². The van der Waals surface area contributed by atoms with E-state index < -0.39 is 17.6 Å². The van der Waals surface area contributed by atoms with Crippen LogP contribution in [0.1, 0.15) is 12.8 Å². The van der Waals surface area contributed by atoms with Crippen molar-refractivity contribution in [2.75, 3.05) is 0 Å². The summed E-state index contributed by atoms with van der Waals surface area (Å²) in [7, 11) is 1.66. The van der Waals surface area contributed by atoms with Crippen LogP contribution in [0, 0.1) is 0 Å². The zero-order chi connectivity index (χ0) is 13.6. The van der Waals surface area contributed by atoms with Gasteiger partial charge in [0.2, 0.25) is 5.82 Å². The smallest absolute Gasteiger partial charge is 0.336 e. The average molecular weight is 261 g/mol. The summed E-state index contributed by atoms with van der Waals surface area (Å²) in [6.45, 7) is 0.767. The van der Waals surface area contributed by atoms with Crippen LogP contribution in [0.4, 0.5) is 13.2 Å². The molecule has 0 aromatic carbocycles. The van der Waals surface area contributed by atoms with Gasteiger partial charge in [-0.3, -0.25) is 0 Å². The molecular formula is C9H10F3N5O. The molecule has 0 aliphatic heterocycles. The van der Waals surface area contributed by atoms with E-state index in [1.807, 2.05) is 0 Å². The Kier molecular flexibility index (Phi) is 2.65. The van der Waals surface area contributed by atoms with Gasteiger partial charge in [0.25, 0.3) is 5.89 Å². The number of hydrogen-bond donors (Lipinski definition) is 1. The third kappa shape index (κ3) is 1.86. The lowest BCUT2D eigenvalue weighted by Gasteiger charge is -2.22. The molecule has 0 saturated carbocycles. The summed E-state index contributed by atoms with van der Waals surface area (Å²) >= 11 is 0. The Bertz CT molecular complexity index is 557. The van der Waals surface area contributed by atoms with Crippen molar-refractivity contribution >= 4 is 0 Å². The van der Waals surface area contributed by atoms with Crippen molar-refractivity contribution in [1.82, 2.24) is 19.7 Å². The Morgan fingerprint density at radius 3 is 2.56 bits per heavy atom. The van der Waals surface area contributed by atoms with E-state index in [0.29, 0.717) is 5.82 Å². The van der Waals surface area contributed by atoms with Crippen molar-refractivity contribution in [1.29, 1.82) is 0 Å². The van der Waals surface area contributed by atoms with E-state index in [1.54, 1.807) is 17.8 Å². The van der Waals surface area contributed by atoms with Crippen molar-refractivity contribution in [3.05, 3.63) is 18.3 Å². The van der Waals surface area contributed by atoms with Crippen LogP contribution in [0.2, 0.25) is 0 Å². The Morgan fingerprint density at radius 2 is 2.06 bits per heavy atom. The second-order valence-corrected chi connectivity index (χ2v) is 3.99. The van der Waals surface area contributed by atoms with E-state index in [0.717, 1.165) is 6.92 Å². The minimum Gasteiger partial charge on any atom is -0.336 e. The molecule has 0 aliphatic rings. The molecule has 0 amide bonds. The van der Waals surface area contributed by atoms with E-state index in [-0.39, 0.29) is 5.82 Å². The molecular weight excluding hydrogens is 251 g/mol. The number of aryl methyl sites for hydroxylation is 1. The van der Waals surface area contributed by atoms with E-state index in [9.17, 15) is 13.2 Å². The van der Waals surface area contributed by atoms with Gasteiger partial charge in [0.15, 0.2) is 11.4 Å². The van der Waals surface area contributed by atoms with Gasteiger partial charge in [-0.15, -0.1) is 0 Å². The highest BCUT2D eigenvalue weighted by atomic mass is 19.4. The molecule has 0 bridgehead atoms. The highest BCUT2D eigenvalue weighted by Gasteiger charge is 2.53. The number of aromatic nitrogens is 4. The molecule has 1 atom stereocenters. The summed E-state index contributed by atoms with van der Waals surface area (Å²) in [4.78, 5) is 7.55. The summed E-state index contributed by atoms with van der Waals surface area (Å²) in [5.41, 5.74) is 2.48. The third-order valence-electron chi connectivity index (χ3n) is 2.48. The highest BCUT2D eigenvalue weighted by Crippen LogP contribution is 2.35. The van der Waals surface area contributed by atoms with Gasteiger partial charge < -0.3 is 14.8 Å². The Morgan fingerprint density at radius 1 is 1.39 bits per heavy atom. The number of nitrogens with two attached hydrogens (primary N) is 1. The molecule has 2 heterocycles. The summed E-state index contributed by atoms with van der Waals surface area (Å²) < 4.78 is 44.2. The van der Waals surface area contributed by atoms with Crippen LogP contribution in [0.3, 0.4) is 0 Å². The molecule has 2 aromatic rings. The van der Waals surface area contributed by atoms with Gasteiger partial charge in [0.05, 0.1) is 0 Å². The first-order chi connectivity index (χ1) is 8.23. The summed E-state index contributed by atoms with van der Waals surface area (Å²) in [5, 5.41) is 3.45. The highest BCUT2D eigenvalue weighted by molar-refractivity contribution is 5.42. The summed E-state index contributed by atoms with van der Waals surface area (Å²) in [6, 6.07) is 0. The minimum absolute atomic E-state index is 0.0431. The van der Waals surface area contributed by atoms with Gasteiger partial charge in [0.1, 0.15) is 0 Å². The average Bonchev–Trinajstić information content (AvgIpc) is 2.83. The largest absolute Gasteiger partial charge is 0.415 e. The SMILES string of the molecule is Cn1ccnc1-c1noc(C(C)(N)C(F)(F)F)n1. The third-order valence-corrected chi connectivity index (χ3v) is 2.48. The van der Waals surface area contributed by atoms with Crippen molar-refractivity contribution < 1.29 is 17.7 Å².